The molecule has 1 saturated carbocycles. The second-order valence-electron chi connectivity index (χ2n) is 7.15. The van der Waals surface area contributed by atoms with Crippen LogP contribution in [0.25, 0.3) is 0 Å². The lowest BCUT2D eigenvalue weighted by molar-refractivity contribution is 0.221. The van der Waals surface area contributed by atoms with Gasteiger partial charge in [0.1, 0.15) is 12.1 Å². The summed E-state index contributed by atoms with van der Waals surface area (Å²) in [6, 6.07) is 3.38. The van der Waals surface area contributed by atoms with Crippen LogP contribution in [0.4, 0.5) is 5.82 Å². The highest BCUT2D eigenvalue weighted by atomic mass is 15.1. The average Bonchev–Trinajstić information content (AvgIpc) is 2.38. The average molecular weight is 278 g/mol. The number of nitrogens with zero attached hydrogens (tertiary/aromatic N) is 3. The Kier molecular flexibility index (Phi) is 4.63. The maximum Gasteiger partial charge on any atom is 0.129 e. The molecule has 0 unspecified atom stereocenters. The Labute approximate surface area is 124 Å². The molecule has 114 valence electrons. The Bertz CT molecular complexity index is 434. The lowest BCUT2D eigenvalue weighted by Crippen LogP contribution is -2.36. The fourth-order valence-corrected chi connectivity index (χ4v) is 2.79. The zero-order valence-electron chi connectivity index (χ0n) is 13.5. The molecule has 0 saturated heterocycles. The minimum Gasteiger partial charge on any atom is -0.367 e. The van der Waals surface area contributed by atoms with Crippen LogP contribution in [-0.2, 0) is 5.41 Å². The molecule has 1 heterocycles. The fraction of sp³-hybridized carbons (Fsp3) is 0.750. The number of hydrogen-bond donors (Lipinski definition) is 1. The summed E-state index contributed by atoms with van der Waals surface area (Å²) in [6.07, 6.45) is 6.65. The van der Waals surface area contributed by atoms with Gasteiger partial charge in [0.05, 0.1) is 5.69 Å². The maximum absolute atomic E-state index is 4.38. The van der Waals surface area contributed by atoms with Gasteiger partial charge in [-0.1, -0.05) is 20.8 Å². The van der Waals surface area contributed by atoms with E-state index in [1.54, 1.807) is 6.33 Å². The van der Waals surface area contributed by atoms with Crippen molar-refractivity contribution in [3.05, 3.63) is 18.1 Å². The van der Waals surface area contributed by atoms with Crippen LogP contribution in [0, 0.1) is 0 Å². The lowest BCUT2D eigenvalue weighted by atomic mass is 9.90. The fourth-order valence-electron chi connectivity index (χ4n) is 2.79. The minimum atomic E-state index is 0. The topological polar surface area (TPSA) is 41.0 Å². The summed E-state index contributed by atoms with van der Waals surface area (Å²) in [7, 11) is 4.36. The second kappa shape index (κ2) is 6.08. The molecule has 0 aliphatic heterocycles. The van der Waals surface area contributed by atoms with E-state index >= 15 is 0 Å². The van der Waals surface area contributed by atoms with Crippen molar-refractivity contribution < 1.29 is 1.43 Å². The maximum atomic E-state index is 4.38. The standard InChI is InChI=1S/C16H28N4.H2/c1-16(2,3)14-10-15(18-11-17-14)19-12-6-8-13(9-7-12)20(4)5;/h10-13H,6-9H2,1-5H3,(H,17,18,19);1H. The summed E-state index contributed by atoms with van der Waals surface area (Å²) in [5.41, 5.74) is 1.17. The second-order valence-corrected chi connectivity index (χ2v) is 7.15. The minimum absolute atomic E-state index is 0. The van der Waals surface area contributed by atoms with E-state index in [0.717, 1.165) is 17.6 Å². The molecule has 1 aliphatic rings. The Morgan fingerprint density at radius 2 is 1.80 bits per heavy atom. The van der Waals surface area contributed by atoms with Crippen LogP contribution < -0.4 is 5.32 Å². The first-order valence-corrected chi connectivity index (χ1v) is 7.62. The molecule has 2 rings (SSSR count). The van der Waals surface area contributed by atoms with Gasteiger partial charge >= 0.3 is 0 Å². The SMILES string of the molecule is CN(C)C1CCC(Nc2cc(C(C)(C)C)ncn2)CC1.[HH]. The first-order chi connectivity index (χ1) is 9.36. The van der Waals surface area contributed by atoms with E-state index in [1.165, 1.54) is 25.7 Å². The third-order valence-electron chi connectivity index (χ3n) is 4.21. The molecule has 1 aromatic heterocycles. The van der Waals surface area contributed by atoms with Crippen LogP contribution in [0.1, 0.15) is 53.6 Å². The Morgan fingerprint density at radius 3 is 2.35 bits per heavy atom. The highest BCUT2D eigenvalue weighted by Crippen LogP contribution is 2.25. The van der Waals surface area contributed by atoms with Gasteiger partial charge in [-0.05, 0) is 39.8 Å². The molecular formula is C16H30N4. The lowest BCUT2D eigenvalue weighted by Gasteiger charge is -2.33. The summed E-state index contributed by atoms with van der Waals surface area (Å²) in [5, 5.41) is 3.58. The molecule has 0 radical (unpaired) electrons. The smallest absolute Gasteiger partial charge is 0.129 e. The van der Waals surface area contributed by atoms with Gasteiger partial charge in [-0.15, -0.1) is 0 Å². The van der Waals surface area contributed by atoms with Gasteiger partial charge in [0.2, 0.25) is 0 Å². The first-order valence-electron chi connectivity index (χ1n) is 7.62. The van der Waals surface area contributed by atoms with Crippen LogP contribution in [0.2, 0.25) is 0 Å². The summed E-state index contributed by atoms with van der Waals surface area (Å²) < 4.78 is 0. The van der Waals surface area contributed by atoms with E-state index in [9.17, 15) is 0 Å². The molecule has 20 heavy (non-hydrogen) atoms. The molecule has 0 bridgehead atoms. The monoisotopic (exact) mass is 278 g/mol. The van der Waals surface area contributed by atoms with E-state index < -0.39 is 0 Å². The van der Waals surface area contributed by atoms with Crippen molar-refractivity contribution in [2.45, 2.75) is 64.0 Å². The molecule has 0 spiro atoms. The van der Waals surface area contributed by atoms with Crippen LogP contribution in [-0.4, -0.2) is 41.0 Å². The number of hydrogen-bond acceptors (Lipinski definition) is 4. The number of nitrogens with one attached hydrogen (secondary N) is 1. The normalized spacial score (nSPS) is 23.9. The number of anilines is 1. The van der Waals surface area contributed by atoms with Crippen molar-refractivity contribution in [2.24, 2.45) is 0 Å². The highest BCUT2D eigenvalue weighted by Gasteiger charge is 2.23. The molecule has 1 fully saturated rings. The summed E-state index contributed by atoms with van der Waals surface area (Å²) in [5.74, 6) is 0.971. The molecule has 4 nitrogen and oxygen atoms in total. The van der Waals surface area contributed by atoms with Crippen molar-refractivity contribution in [1.29, 1.82) is 0 Å². The Hall–Kier alpha value is -1.16. The number of aromatic nitrogens is 2. The first kappa shape index (κ1) is 15.2. The molecule has 1 N–H and O–H groups in total. The molecular weight excluding hydrogens is 248 g/mol. The molecule has 0 aromatic carbocycles. The summed E-state index contributed by atoms with van der Waals surface area (Å²) in [6.45, 7) is 6.55. The van der Waals surface area contributed by atoms with Crippen molar-refractivity contribution in [1.82, 2.24) is 14.9 Å². The summed E-state index contributed by atoms with van der Waals surface area (Å²) in [4.78, 5) is 11.1. The van der Waals surface area contributed by atoms with Crippen molar-refractivity contribution in [3.63, 3.8) is 0 Å². The van der Waals surface area contributed by atoms with Gasteiger partial charge in [0.25, 0.3) is 0 Å². The Balaban J connectivity index is 0.00000220. The van der Waals surface area contributed by atoms with E-state index in [1.807, 2.05) is 0 Å². The highest BCUT2D eigenvalue weighted by molar-refractivity contribution is 5.37. The quantitative estimate of drug-likeness (QED) is 0.921. The van der Waals surface area contributed by atoms with Crippen molar-refractivity contribution in [2.75, 3.05) is 19.4 Å². The van der Waals surface area contributed by atoms with Crippen molar-refractivity contribution in [3.8, 4) is 0 Å². The molecule has 0 atom stereocenters. The third-order valence-corrected chi connectivity index (χ3v) is 4.21. The van der Waals surface area contributed by atoms with Gasteiger partial charge < -0.3 is 10.2 Å². The van der Waals surface area contributed by atoms with E-state index in [0.29, 0.717) is 6.04 Å². The van der Waals surface area contributed by atoms with E-state index in [4.69, 9.17) is 0 Å². The molecule has 4 heteroatoms. The van der Waals surface area contributed by atoms with Crippen LogP contribution in [0.3, 0.4) is 0 Å². The van der Waals surface area contributed by atoms with Gasteiger partial charge in [0, 0.05) is 25.0 Å². The summed E-state index contributed by atoms with van der Waals surface area (Å²) >= 11 is 0. The van der Waals surface area contributed by atoms with Crippen LogP contribution >= 0.6 is 0 Å². The van der Waals surface area contributed by atoms with Gasteiger partial charge in [-0.25, -0.2) is 9.97 Å². The predicted octanol–water partition coefficient (Wildman–Crippen LogP) is 3.30. The Morgan fingerprint density at radius 1 is 1.15 bits per heavy atom. The third kappa shape index (κ3) is 3.92. The van der Waals surface area contributed by atoms with E-state index in [2.05, 4.69) is 61.1 Å². The van der Waals surface area contributed by atoms with Gasteiger partial charge in [0.15, 0.2) is 0 Å². The van der Waals surface area contributed by atoms with Gasteiger partial charge in [-0.3, -0.25) is 0 Å². The number of rotatable bonds is 3. The zero-order chi connectivity index (χ0) is 14.8. The van der Waals surface area contributed by atoms with Crippen LogP contribution in [0.15, 0.2) is 12.4 Å². The zero-order valence-corrected chi connectivity index (χ0v) is 13.5. The molecule has 0 amide bonds. The van der Waals surface area contributed by atoms with Crippen LogP contribution in [0.5, 0.6) is 0 Å². The largest absolute Gasteiger partial charge is 0.367 e. The van der Waals surface area contributed by atoms with Gasteiger partial charge in [-0.2, -0.15) is 0 Å². The molecule has 1 aliphatic carbocycles. The van der Waals surface area contributed by atoms with E-state index in [-0.39, 0.29) is 6.84 Å². The molecule has 1 aromatic rings. The van der Waals surface area contributed by atoms with Crippen molar-refractivity contribution >= 4 is 5.82 Å². The predicted molar refractivity (Wildman–Crippen MR) is 86.2 cm³/mol.